The maximum absolute atomic E-state index is 5.63. The Balaban J connectivity index is 1.97. The highest BCUT2D eigenvalue weighted by molar-refractivity contribution is 5.78. The van der Waals surface area contributed by atoms with Gasteiger partial charge in [-0.05, 0) is 29.8 Å². The van der Waals surface area contributed by atoms with Gasteiger partial charge in [-0.3, -0.25) is 0 Å². The van der Waals surface area contributed by atoms with Crippen LogP contribution < -0.4 is 16.0 Å². The molecule has 3 rings (SSSR count). The molecule has 0 aromatic heterocycles. The second kappa shape index (κ2) is 4.70. The van der Waals surface area contributed by atoms with E-state index in [0.29, 0.717) is 6.54 Å². The fourth-order valence-electron chi connectivity index (χ4n) is 2.36. The molecule has 0 fully saturated rings. The molecule has 2 aromatic carbocycles. The van der Waals surface area contributed by atoms with E-state index >= 15 is 0 Å². The third kappa shape index (κ3) is 1.93. The van der Waals surface area contributed by atoms with E-state index in [-0.39, 0.29) is 0 Å². The highest BCUT2D eigenvalue weighted by Crippen LogP contribution is 2.34. The molecule has 2 aromatic rings. The highest BCUT2D eigenvalue weighted by atomic mass is 15.2. The lowest BCUT2D eigenvalue weighted by Crippen LogP contribution is -2.29. The minimum absolute atomic E-state index is 0.596. The van der Waals surface area contributed by atoms with Gasteiger partial charge in [0, 0.05) is 25.3 Å². The van der Waals surface area contributed by atoms with E-state index in [9.17, 15) is 0 Å². The van der Waals surface area contributed by atoms with Gasteiger partial charge in [0.2, 0.25) is 0 Å². The number of nitrogens with two attached hydrogens (primary N) is 1. The first-order valence-corrected chi connectivity index (χ1v) is 6.28. The molecule has 0 radical (unpaired) electrons. The van der Waals surface area contributed by atoms with Gasteiger partial charge in [0.15, 0.2) is 0 Å². The van der Waals surface area contributed by atoms with Crippen molar-refractivity contribution in [3.05, 3.63) is 54.1 Å². The lowest BCUT2D eigenvalue weighted by molar-refractivity contribution is 0.925. The van der Waals surface area contributed by atoms with Gasteiger partial charge < -0.3 is 16.0 Å². The van der Waals surface area contributed by atoms with Gasteiger partial charge in [-0.25, -0.2) is 0 Å². The van der Waals surface area contributed by atoms with Crippen molar-refractivity contribution >= 4 is 17.1 Å². The maximum Gasteiger partial charge on any atom is 0.0647 e. The SMILES string of the molecule is NCc1ccc(N2CCNc3ccccc32)cc1. The molecule has 0 bridgehead atoms. The van der Waals surface area contributed by atoms with Gasteiger partial charge in [-0.2, -0.15) is 0 Å². The van der Waals surface area contributed by atoms with Crippen LogP contribution in [0.3, 0.4) is 0 Å². The number of nitrogens with zero attached hydrogens (tertiary/aromatic N) is 1. The molecule has 0 saturated heterocycles. The van der Waals surface area contributed by atoms with Crippen LogP contribution >= 0.6 is 0 Å². The van der Waals surface area contributed by atoms with Crippen LogP contribution in [0.2, 0.25) is 0 Å². The van der Waals surface area contributed by atoms with Crippen LogP contribution in [0.5, 0.6) is 0 Å². The summed E-state index contributed by atoms with van der Waals surface area (Å²) in [6.07, 6.45) is 0. The number of nitrogens with one attached hydrogen (secondary N) is 1. The van der Waals surface area contributed by atoms with Crippen LogP contribution in [0, 0.1) is 0 Å². The fourth-order valence-corrected chi connectivity index (χ4v) is 2.36. The first-order valence-electron chi connectivity index (χ1n) is 6.28. The molecule has 0 spiro atoms. The van der Waals surface area contributed by atoms with Crippen LogP contribution in [-0.2, 0) is 6.54 Å². The smallest absolute Gasteiger partial charge is 0.0647 e. The first kappa shape index (κ1) is 11.1. The molecule has 0 aliphatic carbocycles. The van der Waals surface area contributed by atoms with Crippen LogP contribution in [0.1, 0.15) is 5.56 Å². The topological polar surface area (TPSA) is 41.3 Å². The molecule has 1 heterocycles. The Morgan fingerprint density at radius 3 is 2.61 bits per heavy atom. The molecule has 0 atom stereocenters. The van der Waals surface area contributed by atoms with Gasteiger partial charge in [-0.15, -0.1) is 0 Å². The van der Waals surface area contributed by atoms with Crippen molar-refractivity contribution in [1.29, 1.82) is 0 Å². The normalized spacial score (nSPS) is 13.9. The van der Waals surface area contributed by atoms with E-state index in [1.54, 1.807) is 0 Å². The van der Waals surface area contributed by atoms with Gasteiger partial charge >= 0.3 is 0 Å². The summed E-state index contributed by atoms with van der Waals surface area (Å²) in [4.78, 5) is 2.34. The Hall–Kier alpha value is -2.00. The lowest BCUT2D eigenvalue weighted by Gasteiger charge is -2.32. The summed E-state index contributed by atoms with van der Waals surface area (Å²) in [5.74, 6) is 0. The van der Waals surface area contributed by atoms with Gasteiger partial charge in [0.1, 0.15) is 0 Å². The number of para-hydroxylation sites is 2. The molecule has 3 nitrogen and oxygen atoms in total. The van der Waals surface area contributed by atoms with E-state index in [1.807, 2.05) is 0 Å². The molecule has 1 aliphatic rings. The number of hydrogen-bond acceptors (Lipinski definition) is 3. The molecule has 0 unspecified atom stereocenters. The van der Waals surface area contributed by atoms with Crippen molar-refractivity contribution in [2.45, 2.75) is 6.54 Å². The summed E-state index contributed by atoms with van der Waals surface area (Å²) in [7, 11) is 0. The fraction of sp³-hybridized carbons (Fsp3) is 0.200. The zero-order valence-corrected chi connectivity index (χ0v) is 10.3. The van der Waals surface area contributed by atoms with Crippen molar-refractivity contribution in [3.8, 4) is 0 Å². The molecular formula is C15H17N3. The van der Waals surface area contributed by atoms with Gasteiger partial charge in [0.05, 0.1) is 11.4 Å². The molecular weight excluding hydrogens is 222 g/mol. The summed E-state index contributed by atoms with van der Waals surface area (Å²) in [5.41, 5.74) is 10.5. The Morgan fingerprint density at radius 2 is 1.83 bits per heavy atom. The first-order chi connectivity index (χ1) is 8.88. The zero-order chi connectivity index (χ0) is 12.4. The van der Waals surface area contributed by atoms with Crippen molar-refractivity contribution < 1.29 is 0 Å². The van der Waals surface area contributed by atoms with Gasteiger partial charge in [-0.1, -0.05) is 24.3 Å². The molecule has 0 saturated carbocycles. The minimum atomic E-state index is 0.596. The number of benzene rings is 2. The average molecular weight is 239 g/mol. The summed E-state index contributed by atoms with van der Waals surface area (Å²) < 4.78 is 0. The van der Waals surface area contributed by atoms with Crippen molar-refractivity contribution in [2.24, 2.45) is 5.73 Å². The number of fused-ring (bicyclic) bond motifs is 1. The summed E-state index contributed by atoms with van der Waals surface area (Å²) in [6.45, 7) is 2.55. The van der Waals surface area contributed by atoms with Crippen LogP contribution in [0.15, 0.2) is 48.5 Å². The Kier molecular flexibility index (Phi) is 2.90. The zero-order valence-electron chi connectivity index (χ0n) is 10.3. The largest absolute Gasteiger partial charge is 0.382 e. The van der Waals surface area contributed by atoms with E-state index in [1.165, 1.54) is 22.6 Å². The van der Waals surface area contributed by atoms with Gasteiger partial charge in [0.25, 0.3) is 0 Å². The molecule has 92 valence electrons. The summed E-state index contributed by atoms with van der Waals surface area (Å²) in [5, 5.41) is 3.42. The third-order valence-electron chi connectivity index (χ3n) is 3.33. The monoisotopic (exact) mass is 239 g/mol. The van der Waals surface area contributed by atoms with Crippen LogP contribution in [-0.4, -0.2) is 13.1 Å². The predicted octanol–water partition coefficient (Wildman–Crippen LogP) is 2.71. The minimum Gasteiger partial charge on any atom is -0.382 e. The maximum atomic E-state index is 5.63. The second-order valence-electron chi connectivity index (χ2n) is 4.47. The number of rotatable bonds is 2. The summed E-state index contributed by atoms with van der Waals surface area (Å²) >= 11 is 0. The number of hydrogen-bond donors (Lipinski definition) is 2. The molecule has 3 N–H and O–H groups in total. The molecule has 3 heteroatoms. The molecule has 0 amide bonds. The highest BCUT2D eigenvalue weighted by Gasteiger charge is 2.16. The van der Waals surface area contributed by atoms with Crippen LogP contribution in [0.25, 0.3) is 0 Å². The average Bonchev–Trinajstić information content (AvgIpc) is 2.47. The quantitative estimate of drug-likeness (QED) is 0.846. The van der Waals surface area contributed by atoms with E-state index in [2.05, 4.69) is 58.7 Å². The van der Waals surface area contributed by atoms with E-state index in [0.717, 1.165) is 13.1 Å². The van der Waals surface area contributed by atoms with Crippen molar-refractivity contribution in [3.63, 3.8) is 0 Å². The Labute approximate surface area is 107 Å². The van der Waals surface area contributed by atoms with Crippen molar-refractivity contribution in [2.75, 3.05) is 23.3 Å². The Morgan fingerprint density at radius 1 is 1.06 bits per heavy atom. The number of anilines is 3. The second-order valence-corrected chi connectivity index (χ2v) is 4.47. The van der Waals surface area contributed by atoms with Crippen molar-refractivity contribution in [1.82, 2.24) is 0 Å². The van der Waals surface area contributed by atoms with Crippen LogP contribution in [0.4, 0.5) is 17.1 Å². The van der Waals surface area contributed by atoms with E-state index < -0.39 is 0 Å². The predicted molar refractivity (Wildman–Crippen MR) is 76.3 cm³/mol. The Bertz CT molecular complexity index is 534. The summed E-state index contributed by atoms with van der Waals surface area (Å²) in [6, 6.07) is 16.9. The standard InChI is InChI=1S/C15H17N3/c16-11-12-5-7-13(8-6-12)18-10-9-17-14-3-1-2-4-15(14)18/h1-8,17H,9-11,16H2. The lowest BCUT2D eigenvalue weighted by atomic mass is 10.1. The molecule has 1 aliphatic heterocycles. The third-order valence-corrected chi connectivity index (χ3v) is 3.33. The van der Waals surface area contributed by atoms with E-state index in [4.69, 9.17) is 5.73 Å². The molecule has 18 heavy (non-hydrogen) atoms.